The molecule has 1 aromatic rings. The van der Waals surface area contributed by atoms with Crippen molar-refractivity contribution in [2.75, 3.05) is 6.54 Å². The average Bonchev–Trinajstić information content (AvgIpc) is 2.60. The van der Waals surface area contributed by atoms with Crippen molar-refractivity contribution in [1.29, 1.82) is 0 Å². The maximum atomic E-state index is 4.46. The Morgan fingerprint density at radius 2 is 2.27 bits per heavy atom. The molecule has 84 valence electrons. The van der Waals surface area contributed by atoms with Gasteiger partial charge in [-0.2, -0.15) is 5.10 Å². The molecular weight excluding hydrogens is 186 g/mol. The molecule has 0 amide bonds. The lowest BCUT2D eigenvalue weighted by atomic mass is 10.3. The monoisotopic (exact) mass is 207 g/mol. The molecule has 3 nitrogen and oxygen atoms in total. The van der Waals surface area contributed by atoms with E-state index in [0.717, 1.165) is 18.8 Å². The van der Waals surface area contributed by atoms with Crippen LogP contribution in [0.4, 0.5) is 0 Å². The van der Waals surface area contributed by atoms with Crippen molar-refractivity contribution in [1.82, 2.24) is 15.1 Å². The molecule has 0 radical (unpaired) electrons. The fraction of sp³-hybridized carbons (Fsp3) is 0.583. The summed E-state index contributed by atoms with van der Waals surface area (Å²) in [5.74, 6) is 0. The highest BCUT2D eigenvalue weighted by Gasteiger charge is 2.00. The van der Waals surface area contributed by atoms with E-state index >= 15 is 0 Å². The number of nitrogens with one attached hydrogen (secondary N) is 1. The third kappa shape index (κ3) is 4.30. The molecule has 1 N–H and O–H groups in total. The van der Waals surface area contributed by atoms with E-state index in [-0.39, 0.29) is 0 Å². The quantitative estimate of drug-likeness (QED) is 0.594. The van der Waals surface area contributed by atoms with Gasteiger partial charge in [0.25, 0.3) is 0 Å². The van der Waals surface area contributed by atoms with Gasteiger partial charge in [0.1, 0.15) is 0 Å². The summed E-state index contributed by atoms with van der Waals surface area (Å²) >= 11 is 0. The van der Waals surface area contributed by atoms with Gasteiger partial charge in [0, 0.05) is 25.3 Å². The van der Waals surface area contributed by atoms with E-state index in [2.05, 4.69) is 50.3 Å². The van der Waals surface area contributed by atoms with Gasteiger partial charge >= 0.3 is 0 Å². The average molecular weight is 207 g/mol. The van der Waals surface area contributed by atoms with E-state index in [1.165, 1.54) is 5.57 Å². The van der Waals surface area contributed by atoms with Crippen LogP contribution in [0.5, 0.6) is 0 Å². The first-order valence-corrected chi connectivity index (χ1v) is 5.47. The summed E-state index contributed by atoms with van der Waals surface area (Å²) in [5.41, 5.74) is 2.45. The summed E-state index contributed by atoms with van der Waals surface area (Å²) in [6.45, 7) is 10.2. The Balaban J connectivity index is 2.35. The van der Waals surface area contributed by atoms with Crippen LogP contribution in [-0.2, 0) is 6.54 Å². The van der Waals surface area contributed by atoms with Crippen LogP contribution in [-0.4, -0.2) is 16.3 Å². The number of nitrogens with zero attached hydrogens (tertiary/aromatic N) is 2. The first kappa shape index (κ1) is 12.0. The van der Waals surface area contributed by atoms with E-state index in [1.54, 1.807) is 0 Å². The molecule has 0 bridgehead atoms. The first-order valence-electron chi connectivity index (χ1n) is 5.47. The Labute approximate surface area is 92.2 Å². The fourth-order valence-electron chi connectivity index (χ4n) is 1.24. The molecule has 1 rings (SSSR count). The Morgan fingerprint density at radius 1 is 1.53 bits per heavy atom. The number of hydrogen-bond donors (Lipinski definition) is 1. The predicted octanol–water partition coefficient (Wildman–Crippen LogP) is 2.52. The highest BCUT2D eigenvalue weighted by molar-refractivity contribution is 5.00. The van der Waals surface area contributed by atoms with E-state index in [1.807, 2.05) is 10.9 Å². The molecule has 0 saturated heterocycles. The topological polar surface area (TPSA) is 29.9 Å². The lowest BCUT2D eigenvalue weighted by Crippen LogP contribution is -2.14. The van der Waals surface area contributed by atoms with Crippen LogP contribution in [0.2, 0.25) is 0 Å². The van der Waals surface area contributed by atoms with Gasteiger partial charge in [-0.3, -0.25) is 4.68 Å². The number of hydrogen-bond acceptors (Lipinski definition) is 2. The van der Waals surface area contributed by atoms with Gasteiger partial charge in [-0.15, -0.1) is 0 Å². The standard InChI is InChI=1S/C12H21N3/c1-10(2)5-7-13-9-12-6-8-15(14-12)11(3)4/h5-6,8,11,13H,7,9H2,1-4H3. The smallest absolute Gasteiger partial charge is 0.0762 e. The Kier molecular flexibility index (Phi) is 4.56. The summed E-state index contributed by atoms with van der Waals surface area (Å²) in [4.78, 5) is 0. The molecule has 0 spiro atoms. The van der Waals surface area contributed by atoms with Crippen LogP contribution < -0.4 is 5.32 Å². The Morgan fingerprint density at radius 3 is 2.80 bits per heavy atom. The SMILES string of the molecule is CC(C)=CCNCc1ccn(C(C)C)n1. The minimum atomic E-state index is 0.441. The van der Waals surface area contributed by atoms with Gasteiger partial charge < -0.3 is 5.32 Å². The summed E-state index contributed by atoms with van der Waals surface area (Å²) in [5, 5.41) is 7.79. The zero-order chi connectivity index (χ0) is 11.3. The van der Waals surface area contributed by atoms with E-state index in [4.69, 9.17) is 0 Å². The molecular formula is C12H21N3. The van der Waals surface area contributed by atoms with Gasteiger partial charge in [-0.05, 0) is 33.8 Å². The van der Waals surface area contributed by atoms with Crippen molar-refractivity contribution < 1.29 is 0 Å². The van der Waals surface area contributed by atoms with Gasteiger partial charge in [0.2, 0.25) is 0 Å². The lowest BCUT2D eigenvalue weighted by Gasteiger charge is -2.04. The van der Waals surface area contributed by atoms with Crippen LogP contribution in [0.3, 0.4) is 0 Å². The molecule has 1 aromatic heterocycles. The molecule has 0 aromatic carbocycles. The van der Waals surface area contributed by atoms with Crippen LogP contribution in [0.25, 0.3) is 0 Å². The van der Waals surface area contributed by atoms with Crippen LogP contribution in [0.1, 0.15) is 39.4 Å². The summed E-state index contributed by atoms with van der Waals surface area (Å²) in [7, 11) is 0. The highest BCUT2D eigenvalue weighted by atomic mass is 15.3. The number of aromatic nitrogens is 2. The van der Waals surface area contributed by atoms with Crippen LogP contribution >= 0.6 is 0 Å². The largest absolute Gasteiger partial charge is 0.308 e. The minimum Gasteiger partial charge on any atom is -0.308 e. The van der Waals surface area contributed by atoms with Crippen molar-refractivity contribution in [2.24, 2.45) is 0 Å². The van der Waals surface area contributed by atoms with E-state index < -0.39 is 0 Å². The fourth-order valence-corrected chi connectivity index (χ4v) is 1.24. The van der Waals surface area contributed by atoms with Crippen molar-refractivity contribution in [3.8, 4) is 0 Å². The van der Waals surface area contributed by atoms with Crippen LogP contribution in [0, 0.1) is 0 Å². The third-order valence-electron chi connectivity index (χ3n) is 2.15. The second kappa shape index (κ2) is 5.71. The molecule has 0 atom stereocenters. The molecule has 0 fully saturated rings. The van der Waals surface area contributed by atoms with E-state index in [0.29, 0.717) is 6.04 Å². The number of allylic oxidation sites excluding steroid dienone is 1. The molecule has 0 unspecified atom stereocenters. The highest BCUT2D eigenvalue weighted by Crippen LogP contribution is 2.03. The van der Waals surface area contributed by atoms with Crippen molar-refractivity contribution in [3.05, 3.63) is 29.6 Å². The van der Waals surface area contributed by atoms with Crippen molar-refractivity contribution in [3.63, 3.8) is 0 Å². The third-order valence-corrected chi connectivity index (χ3v) is 2.15. The normalized spacial score (nSPS) is 10.7. The molecule has 1 heterocycles. The maximum Gasteiger partial charge on any atom is 0.0762 e. The Bertz CT molecular complexity index is 319. The summed E-state index contributed by atoms with van der Waals surface area (Å²) in [6, 6.07) is 2.51. The summed E-state index contributed by atoms with van der Waals surface area (Å²) < 4.78 is 1.98. The van der Waals surface area contributed by atoms with Gasteiger partial charge in [0.15, 0.2) is 0 Å². The number of rotatable bonds is 5. The molecule has 0 saturated carbocycles. The molecule has 15 heavy (non-hydrogen) atoms. The molecule has 0 aliphatic heterocycles. The second-order valence-electron chi connectivity index (χ2n) is 4.29. The first-order chi connectivity index (χ1) is 7.09. The van der Waals surface area contributed by atoms with Gasteiger partial charge in [-0.1, -0.05) is 11.6 Å². The second-order valence-corrected chi connectivity index (χ2v) is 4.29. The van der Waals surface area contributed by atoms with Crippen molar-refractivity contribution in [2.45, 2.75) is 40.3 Å². The molecule has 0 aliphatic rings. The molecule has 0 aliphatic carbocycles. The zero-order valence-electron chi connectivity index (χ0n) is 10.1. The minimum absolute atomic E-state index is 0.441. The van der Waals surface area contributed by atoms with Crippen LogP contribution in [0.15, 0.2) is 23.9 Å². The molecule has 3 heteroatoms. The Hall–Kier alpha value is -1.09. The summed E-state index contributed by atoms with van der Waals surface area (Å²) in [6.07, 6.45) is 4.21. The van der Waals surface area contributed by atoms with Gasteiger partial charge in [-0.25, -0.2) is 0 Å². The predicted molar refractivity (Wildman–Crippen MR) is 63.7 cm³/mol. The van der Waals surface area contributed by atoms with Crippen molar-refractivity contribution >= 4 is 0 Å². The van der Waals surface area contributed by atoms with E-state index in [9.17, 15) is 0 Å². The maximum absolute atomic E-state index is 4.46. The zero-order valence-corrected chi connectivity index (χ0v) is 10.1. The van der Waals surface area contributed by atoms with Gasteiger partial charge in [0.05, 0.1) is 5.69 Å². The lowest BCUT2D eigenvalue weighted by molar-refractivity contribution is 0.523.